The van der Waals surface area contributed by atoms with Gasteiger partial charge in [0.15, 0.2) is 0 Å². The normalized spacial score (nSPS) is 10.3. The SMILES string of the molecule is O=C(Nc1cc(Cl)cc(Cl)c1)N(CCO)CCCO. The Morgan fingerprint density at radius 2 is 1.74 bits per heavy atom. The van der Waals surface area contributed by atoms with Gasteiger partial charge in [-0.1, -0.05) is 23.2 Å². The topological polar surface area (TPSA) is 72.8 Å². The standard InChI is InChI=1S/C12H16Cl2N2O3/c13-9-6-10(14)8-11(7-9)15-12(19)16(3-5-18)2-1-4-17/h6-8,17-18H,1-5H2,(H,15,19). The zero-order chi connectivity index (χ0) is 14.3. The molecule has 0 atom stereocenters. The number of benzene rings is 1. The van der Waals surface area contributed by atoms with Crippen LogP contribution < -0.4 is 5.32 Å². The highest BCUT2D eigenvalue weighted by Gasteiger charge is 2.13. The zero-order valence-electron chi connectivity index (χ0n) is 10.3. The van der Waals surface area contributed by atoms with Crippen LogP contribution in [0.1, 0.15) is 6.42 Å². The molecule has 0 bridgehead atoms. The summed E-state index contributed by atoms with van der Waals surface area (Å²) in [6.07, 6.45) is 0.448. The molecule has 1 aromatic rings. The molecule has 0 aliphatic rings. The predicted molar refractivity (Wildman–Crippen MR) is 75.8 cm³/mol. The Labute approximate surface area is 121 Å². The summed E-state index contributed by atoms with van der Waals surface area (Å²) in [4.78, 5) is 13.4. The molecule has 0 radical (unpaired) electrons. The molecule has 7 heteroatoms. The van der Waals surface area contributed by atoms with Gasteiger partial charge >= 0.3 is 6.03 Å². The number of aliphatic hydroxyl groups is 2. The third-order valence-electron chi connectivity index (χ3n) is 2.36. The molecule has 3 N–H and O–H groups in total. The van der Waals surface area contributed by atoms with Crippen LogP contribution in [0.15, 0.2) is 18.2 Å². The molecule has 0 heterocycles. The third-order valence-corrected chi connectivity index (χ3v) is 2.79. The van der Waals surface area contributed by atoms with E-state index in [-0.39, 0.29) is 25.8 Å². The minimum Gasteiger partial charge on any atom is -0.396 e. The third kappa shape index (κ3) is 5.65. The molecule has 1 rings (SSSR count). The van der Waals surface area contributed by atoms with Gasteiger partial charge in [-0.3, -0.25) is 0 Å². The number of rotatable bonds is 6. The number of nitrogens with zero attached hydrogens (tertiary/aromatic N) is 1. The number of aliphatic hydroxyl groups excluding tert-OH is 2. The van der Waals surface area contributed by atoms with Crippen molar-refractivity contribution in [1.29, 1.82) is 0 Å². The van der Waals surface area contributed by atoms with Gasteiger partial charge in [-0.25, -0.2) is 4.79 Å². The molecule has 19 heavy (non-hydrogen) atoms. The van der Waals surface area contributed by atoms with E-state index < -0.39 is 0 Å². The van der Waals surface area contributed by atoms with Crippen molar-refractivity contribution in [3.8, 4) is 0 Å². The largest absolute Gasteiger partial charge is 0.396 e. The summed E-state index contributed by atoms with van der Waals surface area (Å²) in [6, 6.07) is 4.35. The first-order chi connectivity index (χ1) is 9.06. The first-order valence-corrected chi connectivity index (χ1v) is 6.56. The Bertz CT molecular complexity index is 409. The lowest BCUT2D eigenvalue weighted by Gasteiger charge is -2.22. The lowest BCUT2D eigenvalue weighted by Crippen LogP contribution is -2.38. The fourth-order valence-electron chi connectivity index (χ4n) is 1.53. The van der Waals surface area contributed by atoms with E-state index in [2.05, 4.69) is 5.32 Å². The number of nitrogens with one attached hydrogen (secondary N) is 1. The molecule has 0 aromatic heterocycles. The smallest absolute Gasteiger partial charge is 0.321 e. The average molecular weight is 307 g/mol. The molecule has 0 saturated carbocycles. The van der Waals surface area contributed by atoms with Crippen LogP contribution in [0.4, 0.5) is 10.5 Å². The Kier molecular flexibility index (Phi) is 6.94. The summed E-state index contributed by atoms with van der Waals surface area (Å²) in [5.74, 6) is 0. The second-order valence-electron chi connectivity index (χ2n) is 3.88. The fourth-order valence-corrected chi connectivity index (χ4v) is 2.05. The molecule has 1 aromatic carbocycles. The Morgan fingerprint density at radius 3 is 2.26 bits per heavy atom. The van der Waals surface area contributed by atoms with Crippen LogP contribution >= 0.6 is 23.2 Å². The van der Waals surface area contributed by atoms with Gasteiger partial charge in [0.1, 0.15) is 0 Å². The summed E-state index contributed by atoms with van der Waals surface area (Å²) in [5.41, 5.74) is 0.481. The summed E-state index contributed by atoms with van der Waals surface area (Å²) in [5, 5.41) is 21.2. The first kappa shape index (κ1) is 16.0. The van der Waals surface area contributed by atoms with Crippen LogP contribution in [-0.4, -0.2) is 47.4 Å². The van der Waals surface area contributed by atoms with E-state index in [1.165, 1.54) is 4.90 Å². The van der Waals surface area contributed by atoms with Crippen molar-refractivity contribution in [3.63, 3.8) is 0 Å². The van der Waals surface area contributed by atoms with Gasteiger partial charge in [-0.05, 0) is 24.6 Å². The first-order valence-electron chi connectivity index (χ1n) is 5.80. The molecular formula is C12H16Cl2N2O3. The van der Waals surface area contributed by atoms with Crippen molar-refractivity contribution in [2.45, 2.75) is 6.42 Å². The number of urea groups is 1. The van der Waals surface area contributed by atoms with E-state index in [1.54, 1.807) is 18.2 Å². The Morgan fingerprint density at radius 1 is 1.11 bits per heavy atom. The maximum Gasteiger partial charge on any atom is 0.321 e. The van der Waals surface area contributed by atoms with Crippen molar-refractivity contribution in [3.05, 3.63) is 28.2 Å². The molecular weight excluding hydrogens is 291 g/mol. The highest BCUT2D eigenvalue weighted by atomic mass is 35.5. The Balaban J connectivity index is 2.69. The van der Waals surface area contributed by atoms with Gasteiger partial charge in [0.25, 0.3) is 0 Å². The molecule has 106 valence electrons. The van der Waals surface area contributed by atoms with E-state index >= 15 is 0 Å². The quantitative estimate of drug-likeness (QED) is 0.754. The molecule has 0 aliphatic carbocycles. The van der Waals surface area contributed by atoms with Crippen LogP contribution in [0.2, 0.25) is 10.0 Å². The average Bonchev–Trinajstić information content (AvgIpc) is 2.33. The predicted octanol–water partition coefficient (Wildman–Crippen LogP) is 2.20. The van der Waals surface area contributed by atoms with Gasteiger partial charge in [-0.2, -0.15) is 0 Å². The number of hydrogen-bond acceptors (Lipinski definition) is 3. The summed E-state index contributed by atoms with van der Waals surface area (Å²) >= 11 is 11.7. The van der Waals surface area contributed by atoms with E-state index in [9.17, 15) is 4.79 Å². The molecule has 0 unspecified atom stereocenters. The highest BCUT2D eigenvalue weighted by Crippen LogP contribution is 2.22. The molecule has 0 aliphatic heterocycles. The molecule has 0 saturated heterocycles. The second kappa shape index (κ2) is 8.22. The van der Waals surface area contributed by atoms with Gasteiger partial charge < -0.3 is 20.4 Å². The van der Waals surface area contributed by atoms with E-state index in [0.717, 1.165) is 0 Å². The minimum absolute atomic E-state index is 0.0157. The molecule has 5 nitrogen and oxygen atoms in total. The highest BCUT2D eigenvalue weighted by molar-refractivity contribution is 6.35. The van der Waals surface area contributed by atoms with Crippen molar-refractivity contribution in [1.82, 2.24) is 4.90 Å². The Hall–Kier alpha value is -1.01. The maximum absolute atomic E-state index is 12.0. The van der Waals surface area contributed by atoms with Gasteiger partial charge in [0.05, 0.1) is 6.61 Å². The number of amides is 2. The summed E-state index contributed by atoms with van der Waals surface area (Å²) < 4.78 is 0. The van der Waals surface area contributed by atoms with Gasteiger partial charge in [0, 0.05) is 35.4 Å². The van der Waals surface area contributed by atoms with Crippen LogP contribution in [0.25, 0.3) is 0 Å². The monoisotopic (exact) mass is 306 g/mol. The van der Waals surface area contributed by atoms with Crippen molar-refractivity contribution < 1.29 is 15.0 Å². The lowest BCUT2D eigenvalue weighted by molar-refractivity contribution is 0.180. The molecule has 0 spiro atoms. The number of carbonyl (C=O) groups excluding carboxylic acids is 1. The molecule has 2 amide bonds. The van der Waals surface area contributed by atoms with E-state index in [4.69, 9.17) is 33.4 Å². The summed E-state index contributed by atoms with van der Waals surface area (Å²) in [6.45, 7) is 0.394. The van der Waals surface area contributed by atoms with Crippen LogP contribution in [0, 0.1) is 0 Å². The van der Waals surface area contributed by atoms with Gasteiger partial charge in [0.2, 0.25) is 0 Å². The van der Waals surface area contributed by atoms with Crippen LogP contribution in [0.5, 0.6) is 0 Å². The van der Waals surface area contributed by atoms with Gasteiger partial charge in [-0.15, -0.1) is 0 Å². The van der Waals surface area contributed by atoms with Crippen molar-refractivity contribution in [2.75, 3.05) is 31.6 Å². The van der Waals surface area contributed by atoms with E-state index in [1.807, 2.05) is 0 Å². The van der Waals surface area contributed by atoms with E-state index in [0.29, 0.717) is 28.7 Å². The van der Waals surface area contributed by atoms with Crippen LogP contribution in [-0.2, 0) is 0 Å². The number of anilines is 1. The second-order valence-corrected chi connectivity index (χ2v) is 4.75. The molecule has 0 fully saturated rings. The van der Waals surface area contributed by atoms with Crippen LogP contribution in [0.3, 0.4) is 0 Å². The fraction of sp³-hybridized carbons (Fsp3) is 0.417. The maximum atomic E-state index is 12.0. The lowest BCUT2D eigenvalue weighted by atomic mass is 10.3. The minimum atomic E-state index is -0.374. The van der Waals surface area contributed by atoms with Crippen molar-refractivity contribution >= 4 is 34.9 Å². The zero-order valence-corrected chi connectivity index (χ0v) is 11.8. The number of carbonyl (C=O) groups is 1. The number of halogens is 2. The number of hydrogen-bond donors (Lipinski definition) is 3. The van der Waals surface area contributed by atoms with Crippen molar-refractivity contribution in [2.24, 2.45) is 0 Å². The summed E-state index contributed by atoms with van der Waals surface area (Å²) in [7, 11) is 0.